The standard InChI is InChI=1S/C25H26ClFO2S/c26-24-21(12-9-16-8-10-17-4-1-2-5-18(17)14-16)19(15-22(24)27)6-3-7-20-11-13-23(30-20)25(28)29/h1-2,4-5,8,10-11,13-14,19,21-22,24H,3,6-7,9,12,15H2,(H,28,29)/t19-,21+,22?,24?/m0/s1. The van der Waals surface area contributed by atoms with Crippen molar-refractivity contribution in [2.45, 2.75) is 50.1 Å². The van der Waals surface area contributed by atoms with Gasteiger partial charge in [0.15, 0.2) is 0 Å². The molecular weight excluding hydrogens is 419 g/mol. The fourth-order valence-electron chi connectivity index (χ4n) is 4.74. The number of aryl methyl sites for hydroxylation is 2. The smallest absolute Gasteiger partial charge is 0.345 e. The van der Waals surface area contributed by atoms with Crippen LogP contribution >= 0.6 is 22.9 Å². The van der Waals surface area contributed by atoms with Gasteiger partial charge in [0.25, 0.3) is 0 Å². The third-order valence-electron chi connectivity index (χ3n) is 6.34. The van der Waals surface area contributed by atoms with Crippen LogP contribution in [0.3, 0.4) is 0 Å². The molecule has 1 heterocycles. The molecule has 158 valence electrons. The predicted molar refractivity (Wildman–Crippen MR) is 123 cm³/mol. The highest BCUT2D eigenvalue weighted by atomic mass is 35.5. The van der Waals surface area contributed by atoms with Gasteiger partial charge in [-0.1, -0.05) is 42.5 Å². The Morgan fingerprint density at radius 3 is 2.63 bits per heavy atom. The van der Waals surface area contributed by atoms with Crippen LogP contribution in [0.1, 0.15) is 45.8 Å². The molecule has 0 bridgehead atoms. The van der Waals surface area contributed by atoms with Gasteiger partial charge in [0.1, 0.15) is 11.0 Å². The van der Waals surface area contributed by atoms with Gasteiger partial charge in [0.05, 0.1) is 5.38 Å². The van der Waals surface area contributed by atoms with Crippen molar-refractivity contribution in [1.82, 2.24) is 0 Å². The molecule has 1 aliphatic rings. The van der Waals surface area contributed by atoms with E-state index in [1.54, 1.807) is 6.07 Å². The first-order valence-electron chi connectivity index (χ1n) is 10.6. The van der Waals surface area contributed by atoms with Gasteiger partial charge in [-0.2, -0.15) is 0 Å². The van der Waals surface area contributed by atoms with Crippen LogP contribution in [0.15, 0.2) is 54.6 Å². The summed E-state index contributed by atoms with van der Waals surface area (Å²) in [7, 11) is 0. The molecular formula is C25H26ClFO2S. The van der Waals surface area contributed by atoms with Crippen molar-refractivity contribution < 1.29 is 14.3 Å². The van der Waals surface area contributed by atoms with Crippen molar-refractivity contribution in [3.63, 3.8) is 0 Å². The third kappa shape index (κ3) is 4.87. The van der Waals surface area contributed by atoms with Gasteiger partial charge in [-0.25, -0.2) is 9.18 Å². The van der Waals surface area contributed by atoms with Crippen LogP contribution in [0.4, 0.5) is 4.39 Å². The zero-order valence-corrected chi connectivity index (χ0v) is 18.3. The number of halogens is 2. The number of thiophene rings is 1. The number of carbonyl (C=O) groups is 1. The Bertz CT molecular complexity index is 1020. The number of rotatable bonds is 8. The molecule has 0 saturated heterocycles. The summed E-state index contributed by atoms with van der Waals surface area (Å²) in [4.78, 5) is 12.5. The topological polar surface area (TPSA) is 37.3 Å². The summed E-state index contributed by atoms with van der Waals surface area (Å²) >= 11 is 7.81. The van der Waals surface area contributed by atoms with Crippen molar-refractivity contribution in [3.8, 4) is 0 Å². The highest BCUT2D eigenvalue weighted by Gasteiger charge is 2.41. The average Bonchev–Trinajstić information content (AvgIpc) is 3.32. The van der Waals surface area contributed by atoms with E-state index >= 15 is 0 Å². The van der Waals surface area contributed by atoms with E-state index in [-0.39, 0.29) is 5.92 Å². The minimum absolute atomic E-state index is 0.186. The van der Waals surface area contributed by atoms with Gasteiger partial charge in [-0.05, 0) is 78.8 Å². The summed E-state index contributed by atoms with van der Waals surface area (Å²) in [6.07, 6.45) is 4.14. The van der Waals surface area contributed by atoms with E-state index in [0.717, 1.165) is 37.0 Å². The lowest BCUT2D eigenvalue weighted by Gasteiger charge is -2.21. The normalized spacial score (nSPS) is 23.8. The Kier molecular flexibility index (Phi) is 6.74. The van der Waals surface area contributed by atoms with Crippen LogP contribution in [0.2, 0.25) is 0 Å². The van der Waals surface area contributed by atoms with E-state index in [1.165, 1.54) is 27.7 Å². The van der Waals surface area contributed by atoms with Gasteiger partial charge in [-0.15, -0.1) is 22.9 Å². The Hall–Kier alpha value is -1.91. The van der Waals surface area contributed by atoms with E-state index in [1.807, 2.05) is 12.1 Å². The Morgan fingerprint density at radius 1 is 1.07 bits per heavy atom. The Morgan fingerprint density at radius 2 is 1.87 bits per heavy atom. The van der Waals surface area contributed by atoms with Crippen LogP contribution in [-0.4, -0.2) is 22.6 Å². The minimum Gasteiger partial charge on any atom is -0.477 e. The van der Waals surface area contributed by atoms with Gasteiger partial charge in [0, 0.05) is 4.88 Å². The van der Waals surface area contributed by atoms with Gasteiger partial charge >= 0.3 is 5.97 Å². The molecule has 3 aromatic rings. The molecule has 30 heavy (non-hydrogen) atoms. The molecule has 0 amide bonds. The Balaban J connectivity index is 1.34. The summed E-state index contributed by atoms with van der Waals surface area (Å²) in [5.41, 5.74) is 1.28. The summed E-state index contributed by atoms with van der Waals surface area (Å²) in [6, 6.07) is 18.4. The van der Waals surface area contributed by atoms with Crippen LogP contribution in [-0.2, 0) is 12.8 Å². The highest BCUT2D eigenvalue weighted by Crippen LogP contribution is 2.43. The molecule has 4 rings (SSSR count). The predicted octanol–water partition coefficient (Wildman–Crippen LogP) is 7.14. The number of hydrogen-bond donors (Lipinski definition) is 1. The summed E-state index contributed by atoms with van der Waals surface area (Å²) < 4.78 is 14.4. The molecule has 1 aliphatic carbocycles. The summed E-state index contributed by atoms with van der Waals surface area (Å²) in [5, 5.41) is 11.1. The molecule has 0 spiro atoms. The third-order valence-corrected chi connectivity index (χ3v) is 8.07. The van der Waals surface area contributed by atoms with Crippen LogP contribution in [0, 0.1) is 11.8 Å². The molecule has 2 nitrogen and oxygen atoms in total. The Labute approximate surface area is 185 Å². The maximum atomic E-state index is 14.4. The number of benzene rings is 2. The number of carboxylic acid groups (broad SMARTS) is 1. The first-order valence-corrected chi connectivity index (χ1v) is 11.8. The molecule has 5 heteroatoms. The number of carboxylic acids is 1. The molecule has 2 aromatic carbocycles. The second kappa shape index (κ2) is 9.49. The SMILES string of the molecule is O=C(O)c1ccc(CCC[C@H]2CC(F)C(Cl)[C@@H]2CCc2ccc3ccccc3c2)s1. The lowest BCUT2D eigenvalue weighted by Crippen LogP contribution is -2.19. The van der Waals surface area contributed by atoms with Gasteiger partial charge in [-0.3, -0.25) is 0 Å². The fourth-order valence-corrected chi connectivity index (χ4v) is 6.07. The molecule has 1 N–H and O–H groups in total. The van der Waals surface area contributed by atoms with Crippen LogP contribution in [0.5, 0.6) is 0 Å². The average molecular weight is 445 g/mol. The molecule has 1 aromatic heterocycles. The van der Waals surface area contributed by atoms with Gasteiger partial charge in [0.2, 0.25) is 0 Å². The number of fused-ring (bicyclic) bond motifs is 1. The molecule has 1 fully saturated rings. The number of alkyl halides is 2. The second-order valence-electron chi connectivity index (χ2n) is 8.30. The fraction of sp³-hybridized carbons (Fsp3) is 0.400. The maximum absolute atomic E-state index is 14.4. The summed E-state index contributed by atoms with van der Waals surface area (Å²) in [6.45, 7) is 0. The maximum Gasteiger partial charge on any atom is 0.345 e. The molecule has 2 unspecified atom stereocenters. The van der Waals surface area contributed by atoms with E-state index in [2.05, 4.69) is 36.4 Å². The largest absolute Gasteiger partial charge is 0.477 e. The van der Waals surface area contributed by atoms with E-state index in [0.29, 0.717) is 17.2 Å². The quantitative estimate of drug-likeness (QED) is 0.375. The molecule has 0 radical (unpaired) electrons. The lowest BCUT2D eigenvalue weighted by molar-refractivity contribution is 0.0702. The number of aromatic carboxylic acids is 1. The zero-order valence-electron chi connectivity index (χ0n) is 16.8. The van der Waals surface area contributed by atoms with E-state index < -0.39 is 17.5 Å². The van der Waals surface area contributed by atoms with Crippen molar-refractivity contribution in [1.29, 1.82) is 0 Å². The highest BCUT2D eigenvalue weighted by molar-refractivity contribution is 7.13. The van der Waals surface area contributed by atoms with Crippen molar-refractivity contribution in [3.05, 3.63) is 69.9 Å². The van der Waals surface area contributed by atoms with Crippen molar-refractivity contribution in [2.24, 2.45) is 11.8 Å². The first-order chi connectivity index (χ1) is 14.5. The van der Waals surface area contributed by atoms with E-state index in [4.69, 9.17) is 16.7 Å². The molecule has 4 atom stereocenters. The minimum atomic E-state index is -0.932. The number of hydrogen-bond acceptors (Lipinski definition) is 2. The van der Waals surface area contributed by atoms with Gasteiger partial charge < -0.3 is 5.11 Å². The lowest BCUT2D eigenvalue weighted by atomic mass is 9.86. The van der Waals surface area contributed by atoms with Crippen LogP contribution < -0.4 is 0 Å². The van der Waals surface area contributed by atoms with Crippen LogP contribution in [0.25, 0.3) is 10.8 Å². The van der Waals surface area contributed by atoms with E-state index in [9.17, 15) is 9.18 Å². The molecule has 1 saturated carbocycles. The first kappa shape index (κ1) is 21.3. The second-order valence-corrected chi connectivity index (χ2v) is 9.98. The zero-order chi connectivity index (χ0) is 21.1. The van der Waals surface area contributed by atoms with Crippen molar-refractivity contribution >= 4 is 39.7 Å². The van der Waals surface area contributed by atoms with Crippen molar-refractivity contribution in [2.75, 3.05) is 0 Å². The monoisotopic (exact) mass is 444 g/mol. The summed E-state index contributed by atoms with van der Waals surface area (Å²) in [5.74, 6) is -0.394. The molecule has 0 aliphatic heterocycles.